The zero-order chi connectivity index (χ0) is 19.4. The maximum atomic E-state index is 5.26. The molecule has 1 aromatic carbocycles. The summed E-state index contributed by atoms with van der Waals surface area (Å²) in [6, 6.07) is 8.57. The molecule has 0 N–H and O–H groups in total. The van der Waals surface area contributed by atoms with E-state index in [1.165, 1.54) is 5.69 Å². The van der Waals surface area contributed by atoms with Gasteiger partial charge in [0.1, 0.15) is 5.75 Å². The van der Waals surface area contributed by atoms with Crippen LogP contribution in [0.15, 0.2) is 24.3 Å². The van der Waals surface area contributed by atoms with Crippen LogP contribution >= 0.6 is 0 Å². The highest BCUT2D eigenvalue weighted by Crippen LogP contribution is 2.29. The summed E-state index contributed by atoms with van der Waals surface area (Å²) < 4.78 is 7.29. The maximum absolute atomic E-state index is 5.26. The van der Waals surface area contributed by atoms with Crippen molar-refractivity contribution in [1.82, 2.24) is 25.1 Å². The third kappa shape index (κ3) is 4.08. The van der Waals surface area contributed by atoms with E-state index in [0.717, 1.165) is 50.6 Å². The number of anilines is 1. The number of piperazine rings is 1. The Balaban J connectivity index is 1.70. The average molecular weight is 373 g/mol. The Bertz CT molecular complexity index is 718. The van der Waals surface area contributed by atoms with E-state index in [9.17, 15) is 0 Å². The van der Waals surface area contributed by atoms with Crippen molar-refractivity contribution in [3.05, 3.63) is 30.1 Å². The summed E-state index contributed by atoms with van der Waals surface area (Å²) in [4.78, 5) is 4.95. The second-order valence-electron chi connectivity index (χ2n) is 7.76. The van der Waals surface area contributed by atoms with Crippen LogP contribution in [0.3, 0.4) is 0 Å². The first-order valence-electron chi connectivity index (χ1n) is 9.92. The smallest absolute Gasteiger partial charge is 0.168 e. The van der Waals surface area contributed by atoms with Crippen LogP contribution in [0.2, 0.25) is 0 Å². The van der Waals surface area contributed by atoms with Gasteiger partial charge in [0.25, 0.3) is 0 Å². The molecule has 3 rings (SSSR count). The van der Waals surface area contributed by atoms with Gasteiger partial charge in [-0.3, -0.25) is 4.90 Å². The van der Waals surface area contributed by atoms with E-state index < -0.39 is 0 Å². The zero-order valence-corrected chi connectivity index (χ0v) is 17.2. The van der Waals surface area contributed by atoms with E-state index in [-0.39, 0.29) is 11.6 Å². The first kappa shape index (κ1) is 19.6. The molecule has 0 amide bonds. The van der Waals surface area contributed by atoms with Gasteiger partial charge in [0.2, 0.25) is 0 Å². The Morgan fingerprint density at radius 3 is 2.30 bits per heavy atom. The summed E-state index contributed by atoms with van der Waals surface area (Å²) in [7, 11) is 1.70. The standard InChI is InChI=1S/C20H32N6O/c1-6-18(19-21-22-23-26(19)20(3,4)7-2)25-14-12-24(13-15-25)16-8-10-17(27-5)11-9-16/h8-11,18H,6-7,12-15H2,1-5H3. The van der Waals surface area contributed by atoms with Gasteiger partial charge in [-0.15, -0.1) is 5.10 Å². The molecule has 1 atom stereocenters. The van der Waals surface area contributed by atoms with Crippen molar-refractivity contribution < 1.29 is 4.74 Å². The van der Waals surface area contributed by atoms with Crippen molar-refractivity contribution in [2.75, 3.05) is 38.2 Å². The van der Waals surface area contributed by atoms with E-state index in [2.05, 4.69) is 65.2 Å². The fourth-order valence-electron chi connectivity index (χ4n) is 3.67. The van der Waals surface area contributed by atoms with Crippen molar-refractivity contribution >= 4 is 5.69 Å². The van der Waals surface area contributed by atoms with Crippen molar-refractivity contribution in [2.24, 2.45) is 0 Å². The maximum Gasteiger partial charge on any atom is 0.168 e. The fraction of sp³-hybridized carbons (Fsp3) is 0.650. The number of methoxy groups -OCH3 is 1. The molecule has 0 bridgehead atoms. The number of ether oxygens (including phenoxy) is 1. The lowest BCUT2D eigenvalue weighted by atomic mass is 10.0. The Hall–Kier alpha value is -2.15. The highest BCUT2D eigenvalue weighted by Gasteiger charge is 2.32. The molecule has 0 radical (unpaired) electrons. The molecule has 1 aromatic heterocycles. The SMILES string of the molecule is CCC(c1nnnn1C(C)(C)CC)N1CCN(c2ccc(OC)cc2)CC1. The van der Waals surface area contributed by atoms with Gasteiger partial charge in [-0.25, -0.2) is 4.68 Å². The van der Waals surface area contributed by atoms with Gasteiger partial charge in [-0.2, -0.15) is 0 Å². The Kier molecular flexibility index (Phi) is 5.99. The first-order valence-corrected chi connectivity index (χ1v) is 9.92. The molecule has 0 aliphatic carbocycles. The number of benzene rings is 1. The van der Waals surface area contributed by atoms with Gasteiger partial charge in [0.15, 0.2) is 5.82 Å². The second-order valence-corrected chi connectivity index (χ2v) is 7.76. The summed E-state index contributed by atoms with van der Waals surface area (Å²) in [6.07, 6.45) is 2.00. The zero-order valence-electron chi connectivity index (χ0n) is 17.2. The molecule has 1 unspecified atom stereocenters. The third-order valence-electron chi connectivity index (χ3n) is 5.81. The second kappa shape index (κ2) is 8.25. The van der Waals surface area contributed by atoms with Crippen molar-refractivity contribution in [2.45, 2.75) is 52.1 Å². The van der Waals surface area contributed by atoms with Gasteiger partial charge < -0.3 is 9.64 Å². The average Bonchev–Trinajstić information content (AvgIpc) is 3.20. The Morgan fingerprint density at radius 1 is 1.07 bits per heavy atom. The minimum absolute atomic E-state index is 0.0723. The molecule has 1 fully saturated rings. The van der Waals surface area contributed by atoms with Crippen molar-refractivity contribution in [1.29, 1.82) is 0 Å². The number of hydrogen-bond acceptors (Lipinski definition) is 6. The summed E-state index contributed by atoms with van der Waals surface area (Å²) >= 11 is 0. The largest absolute Gasteiger partial charge is 0.497 e. The van der Waals surface area contributed by atoms with Crippen LogP contribution in [0.4, 0.5) is 5.69 Å². The van der Waals surface area contributed by atoms with Crippen molar-refractivity contribution in [3.63, 3.8) is 0 Å². The molecule has 0 spiro atoms. The lowest BCUT2D eigenvalue weighted by Gasteiger charge is -2.40. The Labute approximate surface area is 162 Å². The lowest BCUT2D eigenvalue weighted by Crippen LogP contribution is -2.48. The molecule has 1 aliphatic rings. The first-order chi connectivity index (χ1) is 13.0. The van der Waals surface area contributed by atoms with Gasteiger partial charge in [0.05, 0.1) is 18.7 Å². The fourth-order valence-corrected chi connectivity index (χ4v) is 3.67. The number of aromatic nitrogens is 4. The van der Waals surface area contributed by atoms with Crippen LogP contribution in [0, 0.1) is 0 Å². The molecule has 2 aromatic rings. The summed E-state index contributed by atoms with van der Waals surface area (Å²) in [6.45, 7) is 12.8. The number of hydrogen-bond donors (Lipinski definition) is 0. The summed E-state index contributed by atoms with van der Waals surface area (Å²) in [5, 5.41) is 12.7. The van der Waals surface area contributed by atoms with Crippen LogP contribution in [-0.4, -0.2) is 58.4 Å². The monoisotopic (exact) mass is 372 g/mol. The van der Waals surface area contributed by atoms with Crippen molar-refractivity contribution in [3.8, 4) is 5.75 Å². The molecule has 7 heteroatoms. The third-order valence-corrected chi connectivity index (χ3v) is 5.81. The van der Waals surface area contributed by atoms with Gasteiger partial charge in [-0.1, -0.05) is 13.8 Å². The van der Waals surface area contributed by atoms with Crippen LogP contribution in [0.1, 0.15) is 52.4 Å². The van der Waals surface area contributed by atoms with Gasteiger partial charge in [-0.05, 0) is 61.4 Å². The molecular weight excluding hydrogens is 340 g/mol. The van der Waals surface area contributed by atoms with E-state index in [1.54, 1.807) is 7.11 Å². The molecule has 7 nitrogen and oxygen atoms in total. The van der Waals surface area contributed by atoms with Gasteiger partial charge >= 0.3 is 0 Å². The van der Waals surface area contributed by atoms with E-state index in [1.807, 2.05) is 16.8 Å². The highest BCUT2D eigenvalue weighted by atomic mass is 16.5. The predicted molar refractivity (Wildman–Crippen MR) is 107 cm³/mol. The van der Waals surface area contributed by atoms with Crippen LogP contribution in [0.25, 0.3) is 0 Å². The van der Waals surface area contributed by atoms with E-state index in [0.29, 0.717) is 0 Å². The molecular formula is C20H32N6O. The van der Waals surface area contributed by atoms with Crippen LogP contribution in [0.5, 0.6) is 5.75 Å². The van der Waals surface area contributed by atoms with Gasteiger partial charge in [0, 0.05) is 31.9 Å². The van der Waals surface area contributed by atoms with E-state index >= 15 is 0 Å². The molecule has 27 heavy (non-hydrogen) atoms. The normalized spacial score (nSPS) is 17.1. The highest BCUT2D eigenvalue weighted by molar-refractivity contribution is 5.49. The quantitative estimate of drug-likeness (QED) is 0.744. The van der Waals surface area contributed by atoms with Crippen LogP contribution < -0.4 is 9.64 Å². The molecule has 1 aliphatic heterocycles. The number of tetrazole rings is 1. The molecule has 148 valence electrons. The minimum Gasteiger partial charge on any atom is -0.497 e. The molecule has 0 saturated carbocycles. The Morgan fingerprint density at radius 2 is 1.74 bits per heavy atom. The summed E-state index contributed by atoms with van der Waals surface area (Å²) in [5.74, 6) is 1.89. The number of nitrogens with zero attached hydrogens (tertiary/aromatic N) is 6. The van der Waals surface area contributed by atoms with E-state index in [4.69, 9.17) is 4.74 Å². The van der Waals surface area contributed by atoms with Crippen LogP contribution in [-0.2, 0) is 5.54 Å². The summed E-state index contributed by atoms with van der Waals surface area (Å²) in [5.41, 5.74) is 1.18. The number of rotatable bonds is 7. The minimum atomic E-state index is -0.0723. The predicted octanol–water partition coefficient (Wildman–Crippen LogP) is 3.10. The lowest BCUT2D eigenvalue weighted by molar-refractivity contribution is 0.158. The molecule has 1 saturated heterocycles. The topological polar surface area (TPSA) is 59.3 Å². The molecule has 2 heterocycles.